The molecule has 1 atom stereocenters. The van der Waals surface area contributed by atoms with E-state index in [0.29, 0.717) is 0 Å². The monoisotopic (exact) mass is 200 g/mol. The minimum atomic E-state index is 0.235. The van der Waals surface area contributed by atoms with Gasteiger partial charge in [0, 0.05) is 18.6 Å². The Morgan fingerprint density at radius 1 is 1.62 bits per heavy atom. The lowest BCUT2D eigenvalue weighted by atomic mass is 9.98. The zero-order valence-electron chi connectivity index (χ0n) is 9.05. The normalized spacial score (nSPS) is 26.2. The summed E-state index contributed by atoms with van der Waals surface area (Å²) in [4.78, 5) is 2.32. The molecule has 13 heavy (non-hydrogen) atoms. The fourth-order valence-corrected chi connectivity index (χ4v) is 2.66. The number of hydrogen-bond acceptors (Lipinski definition) is 1. The molecule has 0 spiro atoms. The molecule has 1 saturated heterocycles. The third-order valence-corrected chi connectivity index (χ3v) is 3.01. The Morgan fingerprint density at radius 2 is 2.23 bits per heavy atom. The van der Waals surface area contributed by atoms with Gasteiger partial charge in [-0.2, -0.15) is 0 Å². The van der Waals surface area contributed by atoms with Crippen LogP contribution in [0.15, 0.2) is 0 Å². The molecule has 0 aliphatic carbocycles. The van der Waals surface area contributed by atoms with Gasteiger partial charge in [0.05, 0.1) is 0 Å². The lowest BCUT2D eigenvalue weighted by Gasteiger charge is -2.33. The number of rotatable bonds is 1. The van der Waals surface area contributed by atoms with E-state index in [1.165, 1.54) is 6.42 Å². The standard InChI is InChI=1S/C10H20N2S/c1-5-11-9(13)12-7-8(2)6-10(12,3)4/h8H,5-7H2,1-4H3,(H,11,13). The van der Waals surface area contributed by atoms with Crippen molar-refractivity contribution in [2.75, 3.05) is 13.1 Å². The molecule has 2 nitrogen and oxygen atoms in total. The van der Waals surface area contributed by atoms with E-state index in [0.717, 1.165) is 24.1 Å². The Labute approximate surface area is 86.7 Å². The van der Waals surface area contributed by atoms with Crippen LogP contribution < -0.4 is 5.32 Å². The summed E-state index contributed by atoms with van der Waals surface area (Å²) >= 11 is 5.33. The average molecular weight is 200 g/mol. The molecule has 0 aromatic rings. The molecule has 1 heterocycles. The highest BCUT2D eigenvalue weighted by Crippen LogP contribution is 2.32. The highest BCUT2D eigenvalue weighted by molar-refractivity contribution is 7.80. The molecule has 0 aromatic carbocycles. The van der Waals surface area contributed by atoms with E-state index in [-0.39, 0.29) is 5.54 Å². The van der Waals surface area contributed by atoms with Gasteiger partial charge in [0.1, 0.15) is 0 Å². The van der Waals surface area contributed by atoms with Gasteiger partial charge in [0.15, 0.2) is 5.11 Å². The van der Waals surface area contributed by atoms with Crippen molar-refractivity contribution in [3.8, 4) is 0 Å². The Bertz CT molecular complexity index is 201. The largest absolute Gasteiger partial charge is 0.363 e. The summed E-state index contributed by atoms with van der Waals surface area (Å²) in [5.41, 5.74) is 0.235. The van der Waals surface area contributed by atoms with E-state index in [4.69, 9.17) is 12.2 Å². The first kappa shape index (κ1) is 10.8. The van der Waals surface area contributed by atoms with Gasteiger partial charge in [-0.3, -0.25) is 0 Å². The summed E-state index contributed by atoms with van der Waals surface area (Å²) in [6.45, 7) is 10.9. The topological polar surface area (TPSA) is 15.3 Å². The van der Waals surface area contributed by atoms with Gasteiger partial charge in [0.2, 0.25) is 0 Å². The Morgan fingerprint density at radius 3 is 2.62 bits per heavy atom. The van der Waals surface area contributed by atoms with Crippen LogP contribution in [0.1, 0.15) is 34.1 Å². The molecule has 1 N–H and O–H groups in total. The van der Waals surface area contributed by atoms with Crippen LogP contribution in [-0.4, -0.2) is 28.6 Å². The second-order valence-corrected chi connectivity index (χ2v) is 4.95. The molecule has 0 aromatic heterocycles. The van der Waals surface area contributed by atoms with Crippen LogP contribution in [0.2, 0.25) is 0 Å². The van der Waals surface area contributed by atoms with Crippen molar-refractivity contribution < 1.29 is 0 Å². The number of hydrogen-bond donors (Lipinski definition) is 1. The van der Waals surface area contributed by atoms with Crippen molar-refractivity contribution >= 4 is 17.3 Å². The van der Waals surface area contributed by atoms with Crippen molar-refractivity contribution in [1.82, 2.24) is 10.2 Å². The van der Waals surface area contributed by atoms with Gasteiger partial charge in [-0.1, -0.05) is 6.92 Å². The first-order chi connectivity index (χ1) is 5.97. The van der Waals surface area contributed by atoms with E-state index in [1.807, 2.05) is 0 Å². The summed E-state index contributed by atoms with van der Waals surface area (Å²) in [5, 5.41) is 4.13. The van der Waals surface area contributed by atoms with Gasteiger partial charge in [-0.05, 0) is 45.3 Å². The Balaban J connectivity index is 2.64. The molecule has 0 amide bonds. The first-order valence-corrected chi connectivity index (χ1v) is 5.43. The fraction of sp³-hybridized carbons (Fsp3) is 0.900. The van der Waals surface area contributed by atoms with E-state index < -0.39 is 0 Å². The molecular weight excluding hydrogens is 180 g/mol. The SMILES string of the molecule is CCNC(=S)N1CC(C)CC1(C)C. The minimum absolute atomic E-state index is 0.235. The molecule has 1 unspecified atom stereocenters. The summed E-state index contributed by atoms with van der Waals surface area (Å²) in [6.07, 6.45) is 1.23. The van der Waals surface area contributed by atoms with Crippen LogP contribution >= 0.6 is 12.2 Å². The quantitative estimate of drug-likeness (QED) is 0.652. The Kier molecular flexibility index (Phi) is 3.17. The van der Waals surface area contributed by atoms with Crippen molar-refractivity contribution in [2.24, 2.45) is 5.92 Å². The molecule has 0 radical (unpaired) electrons. The van der Waals surface area contributed by atoms with Gasteiger partial charge < -0.3 is 10.2 Å². The van der Waals surface area contributed by atoms with Crippen LogP contribution in [0.5, 0.6) is 0 Å². The van der Waals surface area contributed by atoms with Crippen LogP contribution in [0.4, 0.5) is 0 Å². The summed E-state index contributed by atoms with van der Waals surface area (Å²) in [6, 6.07) is 0. The van der Waals surface area contributed by atoms with Gasteiger partial charge in [0.25, 0.3) is 0 Å². The average Bonchev–Trinajstić information content (AvgIpc) is 2.24. The summed E-state index contributed by atoms with van der Waals surface area (Å²) < 4.78 is 0. The van der Waals surface area contributed by atoms with E-state index in [1.54, 1.807) is 0 Å². The third-order valence-electron chi connectivity index (χ3n) is 2.65. The Hall–Kier alpha value is -0.310. The number of likely N-dealkylation sites (tertiary alicyclic amines) is 1. The van der Waals surface area contributed by atoms with Crippen LogP contribution in [0, 0.1) is 5.92 Å². The van der Waals surface area contributed by atoms with Crippen molar-refractivity contribution in [1.29, 1.82) is 0 Å². The van der Waals surface area contributed by atoms with E-state index in [9.17, 15) is 0 Å². The van der Waals surface area contributed by atoms with Gasteiger partial charge >= 0.3 is 0 Å². The van der Waals surface area contributed by atoms with Gasteiger partial charge in [-0.15, -0.1) is 0 Å². The van der Waals surface area contributed by atoms with Crippen LogP contribution in [0.3, 0.4) is 0 Å². The molecule has 0 saturated carbocycles. The molecule has 1 rings (SSSR count). The van der Waals surface area contributed by atoms with Crippen LogP contribution in [0.25, 0.3) is 0 Å². The fourth-order valence-electron chi connectivity index (χ4n) is 2.19. The van der Waals surface area contributed by atoms with Crippen LogP contribution in [-0.2, 0) is 0 Å². The van der Waals surface area contributed by atoms with Crippen molar-refractivity contribution in [2.45, 2.75) is 39.7 Å². The second-order valence-electron chi connectivity index (χ2n) is 4.57. The zero-order valence-corrected chi connectivity index (χ0v) is 9.87. The highest BCUT2D eigenvalue weighted by atomic mass is 32.1. The van der Waals surface area contributed by atoms with E-state index >= 15 is 0 Å². The molecule has 76 valence electrons. The van der Waals surface area contributed by atoms with E-state index in [2.05, 4.69) is 37.9 Å². The minimum Gasteiger partial charge on any atom is -0.363 e. The van der Waals surface area contributed by atoms with Crippen molar-refractivity contribution in [3.05, 3.63) is 0 Å². The number of nitrogens with zero attached hydrogens (tertiary/aromatic N) is 1. The lowest BCUT2D eigenvalue weighted by Crippen LogP contribution is -2.47. The maximum Gasteiger partial charge on any atom is 0.169 e. The number of nitrogens with one attached hydrogen (secondary N) is 1. The predicted molar refractivity (Wildman–Crippen MR) is 60.8 cm³/mol. The zero-order chi connectivity index (χ0) is 10.1. The molecule has 0 bridgehead atoms. The molecule has 3 heteroatoms. The molecule has 1 aliphatic heterocycles. The summed E-state index contributed by atoms with van der Waals surface area (Å²) in [7, 11) is 0. The predicted octanol–water partition coefficient (Wildman–Crippen LogP) is 2.00. The summed E-state index contributed by atoms with van der Waals surface area (Å²) in [5.74, 6) is 0.756. The van der Waals surface area contributed by atoms with Gasteiger partial charge in [-0.25, -0.2) is 0 Å². The molecule has 1 fully saturated rings. The molecule has 1 aliphatic rings. The number of thiocarbonyl (C=S) groups is 1. The van der Waals surface area contributed by atoms with Crippen molar-refractivity contribution in [3.63, 3.8) is 0 Å². The lowest BCUT2D eigenvalue weighted by molar-refractivity contribution is 0.279. The maximum absolute atomic E-state index is 5.33. The third kappa shape index (κ3) is 2.33. The second kappa shape index (κ2) is 3.82. The highest BCUT2D eigenvalue weighted by Gasteiger charge is 2.37. The maximum atomic E-state index is 5.33. The first-order valence-electron chi connectivity index (χ1n) is 5.03. The smallest absolute Gasteiger partial charge is 0.169 e. The molecular formula is C10H20N2S.